The van der Waals surface area contributed by atoms with Gasteiger partial charge < -0.3 is 14.5 Å². The smallest absolute Gasteiger partial charge is 0.260 e. The molecular formula is C27H25N5O2. The van der Waals surface area contributed by atoms with Gasteiger partial charge in [0, 0.05) is 49.7 Å². The lowest BCUT2D eigenvalue weighted by Gasteiger charge is -2.35. The number of hydrogen-bond donors (Lipinski definition) is 0. The summed E-state index contributed by atoms with van der Waals surface area (Å²) in [6.45, 7) is 2.67. The fourth-order valence-corrected chi connectivity index (χ4v) is 4.03. The Morgan fingerprint density at radius 1 is 0.765 bits per heavy atom. The summed E-state index contributed by atoms with van der Waals surface area (Å²) < 4.78 is 5.94. The zero-order valence-corrected chi connectivity index (χ0v) is 18.7. The van der Waals surface area contributed by atoms with Gasteiger partial charge in [0.05, 0.1) is 5.69 Å². The highest BCUT2D eigenvalue weighted by Gasteiger charge is 2.23. The fraction of sp³-hybridized carbons (Fsp3) is 0.185. The number of carbonyl (C=O) groups excluding carboxylic acids is 1. The lowest BCUT2D eigenvalue weighted by Crippen LogP contribution is -2.50. The average molecular weight is 452 g/mol. The second-order valence-electron chi connectivity index (χ2n) is 8.03. The summed E-state index contributed by atoms with van der Waals surface area (Å²) in [6, 6.07) is 25.6. The largest absolute Gasteiger partial charge is 0.483 e. The van der Waals surface area contributed by atoms with Crippen LogP contribution in [0.1, 0.15) is 0 Å². The first-order chi connectivity index (χ1) is 16.8. The van der Waals surface area contributed by atoms with E-state index in [0.29, 0.717) is 31.9 Å². The topological polar surface area (TPSA) is 71.5 Å². The first-order valence-corrected chi connectivity index (χ1v) is 11.3. The van der Waals surface area contributed by atoms with Gasteiger partial charge in [0.1, 0.15) is 5.75 Å². The molecule has 3 heterocycles. The molecule has 170 valence electrons. The van der Waals surface area contributed by atoms with Crippen molar-refractivity contribution in [2.45, 2.75) is 0 Å². The molecule has 4 aromatic rings. The molecule has 1 amide bonds. The predicted molar refractivity (Wildman–Crippen MR) is 131 cm³/mol. The summed E-state index contributed by atoms with van der Waals surface area (Å²) in [4.78, 5) is 20.8. The Balaban J connectivity index is 1.16. The maximum Gasteiger partial charge on any atom is 0.260 e. The molecule has 1 aliphatic rings. The highest BCUT2D eigenvalue weighted by molar-refractivity contribution is 5.79. The van der Waals surface area contributed by atoms with Crippen molar-refractivity contribution in [2.75, 3.05) is 37.7 Å². The average Bonchev–Trinajstić information content (AvgIpc) is 2.93. The molecule has 0 radical (unpaired) electrons. The number of rotatable bonds is 6. The third kappa shape index (κ3) is 4.88. The maximum absolute atomic E-state index is 12.8. The SMILES string of the molecule is O=C(COc1ccccc1-c1ccccc1)N1CCN(c2ccc(-c3ccncc3)nn2)CC1. The minimum Gasteiger partial charge on any atom is -0.483 e. The molecular weight excluding hydrogens is 426 g/mol. The highest BCUT2D eigenvalue weighted by atomic mass is 16.5. The molecule has 0 spiro atoms. The van der Waals surface area contributed by atoms with E-state index < -0.39 is 0 Å². The Morgan fingerprint density at radius 3 is 2.24 bits per heavy atom. The number of hydrogen-bond acceptors (Lipinski definition) is 6. The lowest BCUT2D eigenvalue weighted by atomic mass is 10.1. The van der Waals surface area contributed by atoms with Gasteiger partial charge in [-0.1, -0.05) is 48.5 Å². The van der Waals surface area contributed by atoms with Crippen molar-refractivity contribution in [1.82, 2.24) is 20.1 Å². The molecule has 7 heteroatoms. The van der Waals surface area contributed by atoms with Crippen LogP contribution in [0.3, 0.4) is 0 Å². The van der Waals surface area contributed by atoms with Gasteiger partial charge >= 0.3 is 0 Å². The van der Waals surface area contributed by atoms with E-state index in [9.17, 15) is 4.79 Å². The number of anilines is 1. The van der Waals surface area contributed by atoms with E-state index >= 15 is 0 Å². The zero-order valence-electron chi connectivity index (χ0n) is 18.7. The van der Waals surface area contributed by atoms with E-state index in [2.05, 4.69) is 20.1 Å². The van der Waals surface area contributed by atoms with Gasteiger partial charge in [0.2, 0.25) is 0 Å². The molecule has 0 aliphatic carbocycles. The van der Waals surface area contributed by atoms with Crippen LogP contribution >= 0.6 is 0 Å². The van der Waals surface area contributed by atoms with E-state index in [1.807, 2.05) is 83.8 Å². The molecule has 1 saturated heterocycles. The van der Waals surface area contributed by atoms with Crippen LogP contribution in [0.15, 0.2) is 91.3 Å². The van der Waals surface area contributed by atoms with E-state index in [0.717, 1.165) is 28.2 Å². The third-order valence-corrected chi connectivity index (χ3v) is 5.91. The minimum atomic E-state index is -0.0124. The number of pyridine rings is 1. The summed E-state index contributed by atoms with van der Waals surface area (Å²) in [6.07, 6.45) is 3.48. The molecule has 0 bridgehead atoms. The molecule has 0 atom stereocenters. The molecule has 34 heavy (non-hydrogen) atoms. The molecule has 2 aromatic carbocycles. The van der Waals surface area contributed by atoms with Crippen molar-refractivity contribution in [3.8, 4) is 28.1 Å². The van der Waals surface area contributed by atoms with Gasteiger partial charge in [-0.15, -0.1) is 10.2 Å². The van der Waals surface area contributed by atoms with Gasteiger partial charge in [0.15, 0.2) is 12.4 Å². The maximum atomic E-state index is 12.8. The third-order valence-electron chi connectivity index (χ3n) is 5.91. The van der Waals surface area contributed by atoms with E-state index in [-0.39, 0.29) is 12.5 Å². The van der Waals surface area contributed by atoms with Crippen LogP contribution in [-0.4, -0.2) is 58.8 Å². The Hall–Kier alpha value is -4.26. The normalized spacial score (nSPS) is 13.5. The summed E-state index contributed by atoms with van der Waals surface area (Å²) in [5, 5.41) is 8.75. The highest BCUT2D eigenvalue weighted by Crippen LogP contribution is 2.29. The van der Waals surface area contributed by atoms with E-state index in [4.69, 9.17) is 4.74 Å². The van der Waals surface area contributed by atoms with Gasteiger partial charge in [-0.25, -0.2) is 0 Å². The lowest BCUT2D eigenvalue weighted by molar-refractivity contribution is -0.133. The summed E-state index contributed by atoms with van der Waals surface area (Å²) in [5.74, 6) is 1.52. The van der Waals surface area contributed by atoms with E-state index in [1.54, 1.807) is 12.4 Å². The van der Waals surface area contributed by atoms with Crippen LogP contribution in [0, 0.1) is 0 Å². The molecule has 5 rings (SSSR count). The second kappa shape index (κ2) is 10.1. The van der Waals surface area contributed by atoms with Crippen molar-refractivity contribution in [3.63, 3.8) is 0 Å². The van der Waals surface area contributed by atoms with Crippen LogP contribution in [-0.2, 0) is 4.79 Å². The number of para-hydroxylation sites is 1. The minimum absolute atomic E-state index is 0.0124. The number of nitrogens with zero attached hydrogens (tertiary/aromatic N) is 5. The Kier molecular flexibility index (Phi) is 6.42. The Labute approximate surface area is 198 Å². The number of carbonyl (C=O) groups is 1. The summed E-state index contributed by atoms with van der Waals surface area (Å²) in [5.41, 5.74) is 3.84. The molecule has 0 saturated carbocycles. The standard InChI is InChI=1S/C27H25N5O2/c33-27(20-34-25-9-5-4-8-23(25)21-6-2-1-3-7-21)32-18-16-31(17-19-32)26-11-10-24(29-30-26)22-12-14-28-15-13-22/h1-15H,16-20H2. The quantitative estimate of drug-likeness (QED) is 0.442. The van der Waals surface area contributed by atoms with Crippen LogP contribution in [0.5, 0.6) is 5.75 Å². The van der Waals surface area contributed by atoms with Crippen molar-refractivity contribution < 1.29 is 9.53 Å². The van der Waals surface area contributed by atoms with Gasteiger partial charge in [-0.05, 0) is 35.9 Å². The van der Waals surface area contributed by atoms with Crippen LogP contribution in [0.25, 0.3) is 22.4 Å². The summed E-state index contributed by atoms with van der Waals surface area (Å²) in [7, 11) is 0. The number of ether oxygens (including phenoxy) is 1. The van der Waals surface area contributed by atoms with Crippen molar-refractivity contribution in [2.24, 2.45) is 0 Å². The Morgan fingerprint density at radius 2 is 1.50 bits per heavy atom. The first-order valence-electron chi connectivity index (χ1n) is 11.3. The van der Waals surface area contributed by atoms with Crippen LogP contribution < -0.4 is 9.64 Å². The van der Waals surface area contributed by atoms with Crippen LogP contribution in [0.4, 0.5) is 5.82 Å². The van der Waals surface area contributed by atoms with Gasteiger partial charge in [-0.2, -0.15) is 0 Å². The molecule has 1 fully saturated rings. The zero-order chi connectivity index (χ0) is 23.2. The monoisotopic (exact) mass is 451 g/mol. The summed E-state index contributed by atoms with van der Waals surface area (Å²) >= 11 is 0. The van der Waals surface area contributed by atoms with Crippen molar-refractivity contribution in [3.05, 3.63) is 91.3 Å². The van der Waals surface area contributed by atoms with Crippen molar-refractivity contribution >= 4 is 11.7 Å². The van der Waals surface area contributed by atoms with Gasteiger partial charge in [-0.3, -0.25) is 9.78 Å². The van der Waals surface area contributed by atoms with E-state index in [1.165, 1.54) is 0 Å². The number of piperazine rings is 1. The predicted octanol–water partition coefficient (Wildman–Crippen LogP) is 3.93. The van der Waals surface area contributed by atoms with Crippen LogP contribution in [0.2, 0.25) is 0 Å². The molecule has 0 unspecified atom stereocenters. The molecule has 7 nitrogen and oxygen atoms in total. The Bertz CT molecular complexity index is 1220. The number of benzene rings is 2. The first kappa shape index (κ1) is 21.6. The fourth-order valence-electron chi connectivity index (χ4n) is 4.03. The number of aromatic nitrogens is 3. The molecule has 2 aromatic heterocycles. The molecule has 1 aliphatic heterocycles. The number of amides is 1. The van der Waals surface area contributed by atoms with Crippen molar-refractivity contribution in [1.29, 1.82) is 0 Å². The second-order valence-corrected chi connectivity index (χ2v) is 8.03. The molecule has 0 N–H and O–H groups in total. The van der Waals surface area contributed by atoms with Gasteiger partial charge in [0.25, 0.3) is 5.91 Å².